The zero-order valence-corrected chi connectivity index (χ0v) is 18.0. The van der Waals surface area contributed by atoms with Crippen molar-refractivity contribution in [3.05, 3.63) is 50.9 Å². The van der Waals surface area contributed by atoms with Crippen LogP contribution in [0.2, 0.25) is 5.02 Å². The summed E-state index contributed by atoms with van der Waals surface area (Å²) in [7, 11) is 0. The van der Waals surface area contributed by atoms with Crippen LogP contribution in [0.3, 0.4) is 0 Å². The molecular formula is C19H24ClN3O2S2. The van der Waals surface area contributed by atoms with Gasteiger partial charge in [0.1, 0.15) is 6.04 Å². The molecule has 1 heterocycles. The second-order valence-corrected chi connectivity index (χ2v) is 8.62. The van der Waals surface area contributed by atoms with Gasteiger partial charge >= 0.3 is 0 Å². The van der Waals surface area contributed by atoms with Gasteiger partial charge in [0.25, 0.3) is 5.91 Å². The number of halogens is 1. The number of aromatic nitrogens is 1. The van der Waals surface area contributed by atoms with Crippen LogP contribution in [0, 0.1) is 0 Å². The van der Waals surface area contributed by atoms with Gasteiger partial charge in [-0.2, -0.15) is 11.8 Å². The number of nitrogens with zero attached hydrogens (tertiary/aromatic N) is 1. The minimum Gasteiger partial charge on any atom is -0.349 e. The highest BCUT2D eigenvalue weighted by Crippen LogP contribution is 2.19. The number of thioether (sulfide) groups is 1. The van der Waals surface area contributed by atoms with Crippen molar-refractivity contribution in [2.45, 2.75) is 38.8 Å². The van der Waals surface area contributed by atoms with Gasteiger partial charge in [-0.15, -0.1) is 11.3 Å². The Kier molecular flexibility index (Phi) is 8.60. The van der Waals surface area contributed by atoms with Gasteiger partial charge in [0.15, 0.2) is 0 Å². The molecule has 0 saturated heterocycles. The Balaban J connectivity index is 2.00. The number of benzene rings is 1. The first-order valence-corrected chi connectivity index (χ1v) is 11.3. The van der Waals surface area contributed by atoms with Crippen LogP contribution in [-0.2, 0) is 11.3 Å². The summed E-state index contributed by atoms with van der Waals surface area (Å²) >= 11 is 9.30. The van der Waals surface area contributed by atoms with Gasteiger partial charge in [-0.25, -0.2) is 4.98 Å². The number of hydrogen-bond acceptors (Lipinski definition) is 5. The zero-order valence-electron chi connectivity index (χ0n) is 15.6. The zero-order chi connectivity index (χ0) is 19.8. The number of carbonyl (C=O) groups is 2. The van der Waals surface area contributed by atoms with Gasteiger partial charge < -0.3 is 10.6 Å². The first-order chi connectivity index (χ1) is 12.9. The standard InChI is InChI=1S/C19H24ClN3O2S2/c1-12(2)19-22-13(11-27-19)10-21-18(25)16(8-9-26-3)23-17(24)14-6-4-5-7-15(14)20/h4-7,11-12,16H,8-10H2,1-3H3,(H,21,25)(H,23,24). The van der Waals surface area contributed by atoms with Gasteiger partial charge in [0, 0.05) is 11.3 Å². The van der Waals surface area contributed by atoms with E-state index in [0.29, 0.717) is 29.5 Å². The van der Waals surface area contributed by atoms with E-state index >= 15 is 0 Å². The van der Waals surface area contributed by atoms with Crippen LogP contribution < -0.4 is 10.6 Å². The third-order valence-corrected chi connectivity index (χ3v) is 6.03. The van der Waals surface area contributed by atoms with Crippen molar-refractivity contribution in [2.24, 2.45) is 0 Å². The lowest BCUT2D eigenvalue weighted by molar-refractivity contribution is -0.123. The molecule has 0 aliphatic carbocycles. The molecule has 2 N–H and O–H groups in total. The summed E-state index contributed by atoms with van der Waals surface area (Å²) < 4.78 is 0. The maximum absolute atomic E-state index is 12.6. The Bertz CT molecular complexity index is 780. The third-order valence-electron chi connectivity index (χ3n) is 3.86. The van der Waals surface area contributed by atoms with Crippen LogP contribution in [0.5, 0.6) is 0 Å². The first kappa shape index (κ1) is 21.7. The van der Waals surface area contributed by atoms with Crippen LogP contribution in [-0.4, -0.2) is 34.8 Å². The van der Waals surface area contributed by atoms with Crippen molar-refractivity contribution in [1.29, 1.82) is 0 Å². The number of nitrogens with one attached hydrogen (secondary N) is 2. The van der Waals surface area contributed by atoms with Crippen LogP contribution in [0.4, 0.5) is 0 Å². The molecule has 1 atom stereocenters. The second kappa shape index (κ2) is 10.7. The Hall–Kier alpha value is -1.57. The molecule has 1 unspecified atom stereocenters. The van der Waals surface area contributed by atoms with Gasteiger partial charge in [0.2, 0.25) is 5.91 Å². The molecule has 2 aromatic rings. The van der Waals surface area contributed by atoms with E-state index in [0.717, 1.165) is 16.5 Å². The quantitative estimate of drug-likeness (QED) is 0.634. The Morgan fingerprint density at radius 2 is 2.04 bits per heavy atom. The molecule has 0 aliphatic heterocycles. The fraction of sp³-hybridized carbons (Fsp3) is 0.421. The van der Waals surface area contributed by atoms with Crippen molar-refractivity contribution in [3.63, 3.8) is 0 Å². The maximum Gasteiger partial charge on any atom is 0.253 e. The average Bonchev–Trinajstić information content (AvgIpc) is 3.12. The number of carbonyl (C=O) groups excluding carboxylic acids is 2. The Morgan fingerprint density at radius 3 is 2.67 bits per heavy atom. The summed E-state index contributed by atoms with van der Waals surface area (Å²) in [5.74, 6) is 0.555. The van der Waals surface area contributed by atoms with E-state index in [-0.39, 0.29) is 11.8 Å². The predicted octanol–water partition coefficient (Wildman–Crippen LogP) is 4.09. The number of amides is 2. The van der Waals surface area contributed by atoms with E-state index in [1.54, 1.807) is 47.4 Å². The lowest BCUT2D eigenvalue weighted by Gasteiger charge is -2.18. The highest BCUT2D eigenvalue weighted by atomic mass is 35.5. The molecule has 8 heteroatoms. The maximum atomic E-state index is 12.6. The van der Waals surface area contributed by atoms with Crippen molar-refractivity contribution in [2.75, 3.05) is 12.0 Å². The molecule has 0 spiro atoms. The van der Waals surface area contributed by atoms with E-state index in [4.69, 9.17) is 11.6 Å². The lowest BCUT2D eigenvalue weighted by Crippen LogP contribution is -2.47. The molecule has 5 nitrogen and oxygen atoms in total. The first-order valence-electron chi connectivity index (χ1n) is 8.68. The molecular weight excluding hydrogens is 402 g/mol. The largest absolute Gasteiger partial charge is 0.349 e. The van der Waals surface area contributed by atoms with E-state index in [1.165, 1.54) is 0 Å². The molecule has 27 heavy (non-hydrogen) atoms. The monoisotopic (exact) mass is 425 g/mol. The van der Waals surface area contributed by atoms with E-state index in [2.05, 4.69) is 29.5 Å². The van der Waals surface area contributed by atoms with Gasteiger partial charge in [-0.3, -0.25) is 9.59 Å². The molecule has 146 valence electrons. The summed E-state index contributed by atoms with van der Waals surface area (Å²) in [5.41, 5.74) is 1.19. The molecule has 0 bridgehead atoms. The number of rotatable bonds is 9. The number of thiazole rings is 1. The highest BCUT2D eigenvalue weighted by molar-refractivity contribution is 7.98. The van der Waals surface area contributed by atoms with Gasteiger partial charge in [-0.1, -0.05) is 37.6 Å². The molecule has 2 rings (SSSR count). The highest BCUT2D eigenvalue weighted by Gasteiger charge is 2.22. The SMILES string of the molecule is CSCCC(NC(=O)c1ccccc1Cl)C(=O)NCc1csc(C(C)C)n1. The molecule has 0 saturated carbocycles. The summed E-state index contributed by atoms with van der Waals surface area (Å²) in [5, 5.41) is 9.05. The van der Waals surface area contributed by atoms with Crippen LogP contribution in [0.1, 0.15) is 47.2 Å². The smallest absolute Gasteiger partial charge is 0.253 e. The molecule has 1 aromatic heterocycles. The summed E-state index contributed by atoms with van der Waals surface area (Å²) in [6, 6.07) is 6.18. The Labute approximate surface area is 173 Å². The average molecular weight is 426 g/mol. The van der Waals surface area contributed by atoms with Crippen molar-refractivity contribution < 1.29 is 9.59 Å². The van der Waals surface area contributed by atoms with Crippen molar-refractivity contribution in [1.82, 2.24) is 15.6 Å². The summed E-state index contributed by atoms with van der Waals surface area (Å²) in [4.78, 5) is 29.6. The second-order valence-electron chi connectivity index (χ2n) is 6.34. The molecule has 2 amide bonds. The molecule has 0 aliphatic rings. The number of hydrogen-bond donors (Lipinski definition) is 2. The lowest BCUT2D eigenvalue weighted by atomic mass is 10.1. The van der Waals surface area contributed by atoms with Crippen molar-refractivity contribution in [3.8, 4) is 0 Å². The molecule has 0 radical (unpaired) electrons. The molecule has 1 aromatic carbocycles. The predicted molar refractivity (Wildman–Crippen MR) is 114 cm³/mol. The van der Waals surface area contributed by atoms with E-state index < -0.39 is 6.04 Å². The van der Waals surface area contributed by atoms with Crippen molar-refractivity contribution >= 4 is 46.5 Å². The van der Waals surface area contributed by atoms with Gasteiger partial charge in [-0.05, 0) is 30.6 Å². The minimum atomic E-state index is -0.621. The van der Waals surface area contributed by atoms with E-state index in [1.807, 2.05) is 11.6 Å². The van der Waals surface area contributed by atoms with Crippen LogP contribution in [0.15, 0.2) is 29.6 Å². The third kappa shape index (κ3) is 6.52. The van der Waals surface area contributed by atoms with Crippen LogP contribution in [0.25, 0.3) is 0 Å². The normalized spacial score (nSPS) is 12.0. The fourth-order valence-electron chi connectivity index (χ4n) is 2.36. The topological polar surface area (TPSA) is 71.1 Å². The minimum absolute atomic E-state index is 0.219. The van der Waals surface area contributed by atoms with Crippen LogP contribution >= 0.6 is 34.7 Å². The fourth-order valence-corrected chi connectivity index (χ4v) is 3.88. The van der Waals surface area contributed by atoms with Gasteiger partial charge in [0.05, 0.1) is 27.8 Å². The Morgan fingerprint density at radius 1 is 1.30 bits per heavy atom. The summed E-state index contributed by atoms with van der Waals surface area (Å²) in [6.45, 7) is 4.52. The molecule has 0 fully saturated rings. The van der Waals surface area contributed by atoms with E-state index in [9.17, 15) is 9.59 Å². The summed E-state index contributed by atoms with van der Waals surface area (Å²) in [6.07, 6.45) is 2.51.